The van der Waals surface area contributed by atoms with Crippen LogP contribution in [0.4, 0.5) is 0 Å². The van der Waals surface area contributed by atoms with Gasteiger partial charge in [0, 0.05) is 17.0 Å². The van der Waals surface area contributed by atoms with Crippen molar-refractivity contribution in [3.63, 3.8) is 0 Å². The van der Waals surface area contributed by atoms with Crippen LogP contribution in [0.1, 0.15) is 26.4 Å². The fraction of sp³-hybridized carbons (Fsp3) is 0.263. The minimum Gasteiger partial charge on any atom is -0.343 e. The first-order valence-electron chi connectivity index (χ1n) is 7.89. The number of aryl methyl sites for hydroxylation is 2. The molecule has 0 aliphatic carbocycles. The zero-order valence-electron chi connectivity index (χ0n) is 14.3. The monoisotopic (exact) mass is 376 g/mol. The molecule has 6 heteroatoms. The van der Waals surface area contributed by atoms with Gasteiger partial charge in [0.25, 0.3) is 5.91 Å². The Morgan fingerprint density at radius 1 is 1.24 bits per heavy atom. The van der Waals surface area contributed by atoms with Crippen molar-refractivity contribution in [2.75, 3.05) is 13.1 Å². The number of halogens is 1. The van der Waals surface area contributed by atoms with E-state index in [1.165, 1.54) is 11.3 Å². The third kappa shape index (κ3) is 5.44. The minimum atomic E-state index is -0.255. The molecule has 0 bridgehead atoms. The molecule has 0 aliphatic heterocycles. The molecule has 2 rings (SSSR count). The summed E-state index contributed by atoms with van der Waals surface area (Å²) in [7, 11) is 0. The molecule has 1 N–H and O–H groups in total. The molecule has 0 fully saturated rings. The summed E-state index contributed by atoms with van der Waals surface area (Å²) in [6, 6.07) is 9.18. The average Bonchev–Trinajstić information content (AvgIpc) is 2.99. The summed E-state index contributed by atoms with van der Waals surface area (Å²) in [6.45, 7) is 8.43. The van der Waals surface area contributed by atoms with Crippen LogP contribution in [0, 0.1) is 13.8 Å². The van der Waals surface area contributed by atoms with E-state index in [1.807, 2.05) is 32.0 Å². The smallest absolute Gasteiger partial charge is 0.251 e. The summed E-state index contributed by atoms with van der Waals surface area (Å²) in [5.74, 6) is -0.421. The number of hydrogen-bond acceptors (Lipinski definition) is 3. The molecule has 25 heavy (non-hydrogen) atoms. The fourth-order valence-electron chi connectivity index (χ4n) is 2.29. The number of nitrogens with one attached hydrogen (secondary N) is 1. The van der Waals surface area contributed by atoms with Crippen LogP contribution < -0.4 is 5.32 Å². The highest BCUT2D eigenvalue weighted by atomic mass is 35.5. The molecule has 132 valence electrons. The molecule has 4 nitrogen and oxygen atoms in total. The zero-order valence-corrected chi connectivity index (χ0v) is 15.9. The van der Waals surface area contributed by atoms with Crippen LogP contribution in [0.25, 0.3) is 0 Å². The van der Waals surface area contributed by atoms with E-state index >= 15 is 0 Å². The van der Waals surface area contributed by atoms with Gasteiger partial charge in [-0.1, -0.05) is 23.7 Å². The van der Waals surface area contributed by atoms with Gasteiger partial charge in [0.1, 0.15) is 0 Å². The van der Waals surface area contributed by atoms with Crippen molar-refractivity contribution in [1.29, 1.82) is 0 Å². The van der Waals surface area contributed by atoms with E-state index in [9.17, 15) is 9.59 Å². The van der Waals surface area contributed by atoms with Gasteiger partial charge in [-0.2, -0.15) is 0 Å². The Balaban J connectivity index is 1.96. The number of amides is 2. The molecule has 0 saturated carbocycles. The van der Waals surface area contributed by atoms with Crippen molar-refractivity contribution in [3.8, 4) is 0 Å². The first-order valence-corrected chi connectivity index (χ1v) is 9.08. The van der Waals surface area contributed by atoms with Crippen LogP contribution in [0.5, 0.6) is 0 Å². The number of carbonyl (C=O) groups is 2. The predicted octanol–water partition coefficient (Wildman–Crippen LogP) is 3.96. The lowest BCUT2D eigenvalue weighted by Crippen LogP contribution is -2.39. The maximum Gasteiger partial charge on any atom is 0.251 e. The van der Waals surface area contributed by atoms with Crippen molar-refractivity contribution >= 4 is 34.8 Å². The minimum absolute atomic E-state index is 0.0568. The maximum atomic E-state index is 12.4. The first kappa shape index (κ1) is 19.2. The molecule has 1 heterocycles. The van der Waals surface area contributed by atoms with Crippen LogP contribution in [0.3, 0.4) is 0 Å². The predicted molar refractivity (Wildman–Crippen MR) is 103 cm³/mol. The number of hydrogen-bond donors (Lipinski definition) is 1. The van der Waals surface area contributed by atoms with Crippen LogP contribution in [0.15, 0.2) is 43.0 Å². The van der Waals surface area contributed by atoms with Gasteiger partial charge in [-0.05, 0) is 49.2 Å². The van der Waals surface area contributed by atoms with E-state index in [-0.39, 0.29) is 18.4 Å². The van der Waals surface area contributed by atoms with Gasteiger partial charge in [0.05, 0.1) is 17.4 Å². The van der Waals surface area contributed by atoms with Gasteiger partial charge >= 0.3 is 0 Å². The van der Waals surface area contributed by atoms with E-state index in [2.05, 4.69) is 11.9 Å². The second-order valence-electron chi connectivity index (χ2n) is 5.75. The van der Waals surface area contributed by atoms with Gasteiger partial charge in [-0.3, -0.25) is 9.59 Å². The number of thiophene rings is 1. The summed E-state index contributed by atoms with van der Waals surface area (Å²) in [5, 5.41) is 2.69. The summed E-state index contributed by atoms with van der Waals surface area (Å²) in [5.41, 5.74) is 2.72. The number of benzene rings is 1. The van der Waals surface area contributed by atoms with Crippen LogP contribution >= 0.6 is 22.9 Å². The summed E-state index contributed by atoms with van der Waals surface area (Å²) < 4.78 is 0.684. The summed E-state index contributed by atoms with van der Waals surface area (Å²) >= 11 is 7.37. The second kappa shape index (κ2) is 8.83. The van der Waals surface area contributed by atoms with E-state index in [0.29, 0.717) is 23.0 Å². The third-order valence-electron chi connectivity index (χ3n) is 3.85. The van der Waals surface area contributed by atoms with Crippen molar-refractivity contribution in [2.45, 2.75) is 20.4 Å². The molecule has 2 aromatic rings. The molecule has 0 atom stereocenters. The van der Waals surface area contributed by atoms with Gasteiger partial charge in [-0.25, -0.2) is 0 Å². The number of rotatable bonds is 7. The molecule has 2 amide bonds. The third-order valence-corrected chi connectivity index (χ3v) is 5.06. The fourth-order valence-corrected chi connectivity index (χ4v) is 3.39. The van der Waals surface area contributed by atoms with Crippen molar-refractivity contribution < 1.29 is 9.59 Å². The number of carbonyl (C=O) groups excluding carboxylic acids is 2. The van der Waals surface area contributed by atoms with Gasteiger partial charge in [-0.15, -0.1) is 17.9 Å². The molecule has 1 aromatic heterocycles. The van der Waals surface area contributed by atoms with Crippen LogP contribution in [-0.4, -0.2) is 29.8 Å². The lowest BCUT2D eigenvalue weighted by molar-refractivity contribution is -0.130. The second-order valence-corrected chi connectivity index (χ2v) is 7.55. The molecular formula is C19H21ClN2O2S. The van der Waals surface area contributed by atoms with E-state index in [1.54, 1.807) is 23.1 Å². The SMILES string of the molecule is C=CCN(Cc1ccc(Cl)s1)C(=O)CNC(=O)c1ccc(C)c(C)c1. The standard InChI is InChI=1S/C19H21ClN2O2S/c1-4-9-22(12-16-7-8-17(20)25-16)18(23)11-21-19(24)15-6-5-13(2)14(3)10-15/h4-8,10H,1,9,11-12H2,2-3H3,(H,21,24). The molecule has 0 saturated heterocycles. The van der Waals surface area contributed by atoms with Crippen LogP contribution in [0.2, 0.25) is 4.34 Å². The molecular weight excluding hydrogens is 356 g/mol. The highest BCUT2D eigenvalue weighted by Crippen LogP contribution is 2.22. The van der Waals surface area contributed by atoms with E-state index in [4.69, 9.17) is 11.6 Å². The Bertz CT molecular complexity index is 785. The Kier molecular flexibility index (Phi) is 6.79. The largest absolute Gasteiger partial charge is 0.343 e. The van der Waals surface area contributed by atoms with Crippen LogP contribution in [-0.2, 0) is 11.3 Å². The Hall–Kier alpha value is -2.11. The highest BCUT2D eigenvalue weighted by Gasteiger charge is 2.15. The molecule has 0 unspecified atom stereocenters. The van der Waals surface area contributed by atoms with Crippen molar-refractivity contribution in [2.24, 2.45) is 0 Å². The molecule has 1 aromatic carbocycles. The topological polar surface area (TPSA) is 49.4 Å². The van der Waals surface area contributed by atoms with Gasteiger partial charge in [0.2, 0.25) is 5.91 Å². The lowest BCUT2D eigenvalue weighted by Gasteiger charge is -2.20. The quantitative estimate of drug-likeness (QED) is 0.743. The average molecular weight is 377 g/mol. The zero-order chi connectivity index (χ0) is 18.4. The molecule has 0 spiro atoms. The summed E-state index contributed by atoms with van der Waals surface area (Å²) in [4.78, 5) is 27.3. The van der Waals surface area contributed by atoms with E-state index in [0.717, 1.165) is 16.0 Å². The van der Waals surface area contributed by atoms with Crippen molar-refractivity contribution in [3.05, 3.63) is 68.9 Å². The Labute approximate surface area is 157 Å². The Morgan fingerprint density at radius 2 is 2.00 bits per heavy atom. The van der Waals surface area contributed by atoms with Crippen molar-refractivity contribution in [1.82, 2.24) is 10.2 Å². The Morgan fingerprint density at radius 3 is 2.60 bits per heavy atom. The summed E-state index contributed by atoms with van der Waals surface area (Å²) in [6.07, 6.45) is 1.66. The normalized spacial score (nSPS) is 10.4. The van der Waals surface area contributed by atoms with Gasteiger partial charge < -0.3 is 10.2 Å². The number of nitrogens with zero attached hydrogens (tertiary/aromatic N) is 1. The molecule has 0 aliphatic rings. The lowest BCUT2D eigenvalue weighted by atomic mass is 10.1. The maximum absolute atomic E-state index is 12.4. The van der Waals surface area contributed by atoms with Gasteiger partial charge in [0.15, 0.2) is 0 Å². The first-order chi connectivity index (χ1) is 11.9. The van der Waals surface area contributed by atoms with E-state index < -0.39 is 0 Å². The highest BCUT2D eigenvalue weighted by molar-refractivity contribution is 7.16. The molecule has 0 radical (unpaired) electrons.